The van der Waals surface area contributed by atoms with Crippen molar-refractivity contribution in [2.75, 3.05) is 0 Å². The summed E-state index contributed by atoms with van der Waals surface area (Å²) in [5.41, 5.74) is 1.29. The molecule has 0 atom stereocenters. The fraction of sp³-hybridized carbons (Fsp3) is 0.409. The van der Waals surface area contributed by atoms with Crippen LogP contribution in [0.15, 0.2) is 47.2 Å². The van der Waals surface area contributed by atoms with Crippen LogP contribution in [0.25, 0.3) is 11.1 Å². The second-order valence-corrected chi connectivity index (χ2v) is 11.8. The monoisotopic (exact) mass is 463 g/mol. The summed E-state index contributed by atoms with van der Waals surface area (Å²) in [5, 5.41) is 10.9. The van der Waals surface area contributed by atoms with Gasteiger partial charge in [0.05, 0.1) is 17.5 Å². The summed E-state index contributed by atoms with van der Waals surface area (Å²) >= 11 is 1.08. The van der Waals surface area contributed by atoms with Gasteiger partial charge in [-0.1, -0.05) is 43.0 Å². The molecular formula is C22H29N3O4S2. The molecule has 0 saturated heterocycles. The van der Waals surface area contributed by atoms with Crippen molar-refractivity contribution in [1.29, 1.82) is 0 Å². The topological polar surface area (TPSA) is 93.5 Å². The average molecular weight is 464 g/mol. The van der Waals surface area contributed by atoms with Gasteiger partial charge in [0.25, 0.3) is 10.0 Å². The average Bonchev–Trinajstić information content (AvgIpc) is 3.29. The molecule has 2 aromatic heterocycles. The first-order chi connectivity index (χ1) is 14.5. The van der Waals surface area contributed by atoms with Crippen LogP contribution in [0.4, 0.5) is 0 Å². The van der Waals surface area contributed by atoms with Crippen LogP contribution < -0.4 is 4.89 Å². The molecule has 0 bridgehead atoms. The quantitative estimate of drug-likeness (QED) is 0.477. The molecule has 168 valence electrons. The zero-order valence-corrected chi connectivity index (χ0v) is 20.0. The molecule has 0 aliphatic carbocycles. The van der Waals surface area contributed by atoms with Crippen LogP contribution in [0.2, 0.25) is 0 Å². The van der Waals surface area contributed by atoms with Gasteiger partial charge in [-0.25, -0.2) is 13.4 Å². The smallest absolute Gasteiger partial charge is 0.272 e. The fourth-order valence-electron chi connectivity index (χ4n) is 2.99. The van der Waals surface area contributed by atoms with Gasteiger partial charge in [-0.15, -0.1) is 11.3 Å². The van der Waals surface area contributed by atoms with Crippen molar-refractivity contribution in [3.05, 3.63) is 53.4 Å². The lowest BCUT2D eigenvalue weighted by atomic mass is 10.0. The second kappa shape index (κ2) is 9.12. The van der Waals surface area contributed by atoms with Crippen LogP contribution in [-0.2, 0) is 27.8 Å². The number of nitrogens with one attached hydrogen (secondary N) is 1. The van der Waals surface area contributed by atoms with Gasteiger partial charge in [0.15, 0.2) is 0 Å². The van der Waals surface area contributed by atoms with E-state index in [1.807, 2.05) is 48.9 Å². The molecule has 0 aliphatic rings. The van der Waals surface area contributed by atoms with Gasteiger partial charge in [0.2, 0.25) is 0 Å². The molecule has 0 radical (unpaired) electrons. The number of aromatic nitrogens is 2. The molecule has 9 heteroatoms. The highest BCUT2D eigenvalue weighted by Gasteiger charge is 2.30. The second-order valence-electron chi connectivity index (χ2n) is 8.87. The Balaban J connectivity index is 2.00. The maximum atomic E-state index is 13.1. The molecular weight excluding hydrogens is 434 g/mol. The minimum Gasteiger partial charge on any atom is -0.506 e. The number of thiophene rings is 1. The molecule has 2 N–H and O–H groups in total. The number of sulfonamides is 1. The predicted octanol–water partition coefficient (Wildman–Crippen LogP) is 4.57. The third-order valence-corrected chi connectivity index (χ3v) is 7.28. The number of nitrogens with zero attached hydrogens (tertiary/aromatic N) is 2. The van der Waals surface area contributed by atoms with Gasteiger partial charge >= 0.3 is 0 Å². The van der Waals surface area contributed by atoms with E-state index in [9.17, 15) is 13.5 Å². The first kappa shape index (κ1) is 23.5. The zero-order chi connectivity index (χ0) is 22.8. The summed E-state index contributed by atoms with van der Waals surface area (Å²) in [4.78, 5) is 12.2. The minimum atomic E-state index is -3.99. The fourth-order valence-corrected chi connectivity index (χ4v) is 5.90. The number of hydrogen-bond acceptors (Lipinski definition) is 6. The summed E-state index contributed by atoms with van der Waals surface area (Å²) in [7, 11) is -3.99. The molecule has 7 nitrogen and oxygen atoms in total. The lowest BCUT2D eigenvalue weighted by Gasteiger charge is -2.19. The van der Waals surface area contributed by atoms with Gasteiger partial charge in [0.1, 0.15) is 9.96 Å². The summed E-state index contributed by atoms with van der Waals surface area (Å²) in [6, 6.07) is 7.50. The SMILES string of the molecule is CC(C)Cc1sc(S(=O)(=O)NOC(C)(C)C)c(-c2ccc(Cn3ccnc3)cc2)c1O. The number of rotatable bonds is 8. The van der Waals surface area contributed by atoms with Gasteiger partial charge < -0.3 is 9.67 Å². The van der Waals surface area contributed by atoms with E-state index in [0.29, 0.717) is 29.0 Å². The molecule has 1 aromatic carbocycles. The van der Waals surface area contributed by atoms with Crippen LogP contribution >= 0.6 is 11.3 Å². The first-order valence-corrected chi connectivity index (χ1v) is 12.4. The molecule has 3 aromatic rings. The standard InChI is InChI=1S/C22H29N3O4S2/c1-15(2)12-18-20(26)19(21(30-18)31(27,28)24-29-22(3,4)5)17-8-6-16(7-9-17)13-25-11-10-23-14-25/h6-11,14-15,24,26H,12-13H2,1-5H3. The Hall–Kier alpha value is -2.20. The third-order valence-electron chi connectivity index (χ3n) is 4.38. The van der Waals surface area contributed by atoms with E-state index in [4.69, 9.17) is 4.84 Å². The van der Waals surface area contributed by atoms with Gasteiger partial charge in [-0.05, 0) is 44.2 Å². The Morgan fingerprint density at radius 3 is 2.45 bits per heavy atom. The largest absolute Gasteiger partial charge is 0.506 e. The summed E-state index contributed by atoms with van der Waals surface area (Å²) in [6.07, 6.45) is 5.92. The van der Waals surface area contributed by atoms with Gasteiger partial charge in [0, 0.05) is 23.8 Å². The van der Waals surface area contributed by atoms with E-state index in [1.54, 1.807) is 33.3 Å². The Kier molecular flexibility index (Phi) is 6.90. The highest BCUT2D eigenvalue weighted by molar-refractivity contribution is 7.91. The van der Waals surface area contributed by atoms with Crippen LogP contribution in [0.3, 0.4) is 0 Å². The summed E-state index contributed by atoms with van der Waals surface area (Å²) in [5.74, 6) is 0.279. The molecule has 31 heavy (non-hydrogen) atoms. The van der Waals surface area contributed by atoms with Crippen molar-refractivity contribution in [1.82, 2.24) is 14.4 Å². The van der Waals surface area contributed by atoms with Crippen LogP contribution in [0, 0.1) is 5.92 Å². The van der Waals surface area contributed by atoms with E-state index in [-0.39, 0.29) is 15.9 Å². The summed E-state index contributed by atoms with van der Waals surface area (Å²) < 4.78 is 28.1. The van der Waals surface area contributed by atoms with Gasteiger partial charge in [-0.2, -0.15) is 0 Å². The van der Waals surface area contributed by atoms with Crippen LogP contribution in [0.5, 0.6) is 5.75 Å². The number of hydrogen-bond donors (Lipinski definition) is 2. The molecule has 2 heterocycles. The van der Waals surface area contributed by atoms with Gasteiger partial charge in [-0.3, -0.25) is 4.84 Å². The molecule has 0 unspecified atom stereocenters. The van der Waals surface area contributed by atoms with Crippen molar-refractivity contribution in [3.8, 4) is 16.9 Å². The molecule has 0 fully saturated rings. The predicted molar refractivity (Wildman–Crippen MR) is 122 cm³/mol. The van der Waals surface area contributed by atoms with E-state index >= 15 is 0 Å². The highest BCUT2D eigenvalue weighted by Crippen LogP contribution is 2.45. The Morgan fingerprint density at radius 1 is 1.23 bits per heavy atom. The maximum absolute atomic E-state index is 13.1. The van der Waals surface area contributed by atoms with Crippen LogP contribution in [0.1, 0.15) is 45.1 Å². The number of aromatic hydroxyl groups is 1. The van der Waals surface area contributed by atoms with Crippen molar-refractivity contribution in [3.63, 3.8) is 0 Å². The first-order valence-electron chi connectivity index (χ1n) is 10.1. The Labute approximate surface area is 187 Å². The zero-order valence-electron chi connectivity index (χ0n) is 18.4. The maximum Gasteiger partial charge on any atom is 0.272 e. The minimum absolute atomic E-state index is 0.0113. The highest BCUT2D eigenvalue weighted by atomic mass is 32.2. The van der Waals surface area contributed by atoms with E-state index in [0.717, 1.165) is 16.9 Å². The number of imidazole rings is 1. The summed E-state index contributed by atoms with van der Waals surface area (Å²) in [6.45, 7) is 9.97. The lowest BCUT2D eigenvalue weighted by molar-refractivity contribution is -0.0356. The molecule has 0 spiro atoms. The normalized spacial score (nSPS) is 12.6. The van der Waals surface area contributed by atoms with Crippen LogP contribution in [-0.4, -0.2) is 28.7 Å². The molecule has 0 amide bonds. The number of benzene rings is 1. The Bertz CT molecular complexity index is 1110. The van der Waals surface area contributed by atoms with E-state index in [2.05, 4.69) is 9.87 Å². The Morgan fingerprint density at radius 2 is 1.90 bits per heavy atom. The van der Waals surface area contributed by atoms with E-state index < -0.39 is 15.6 Å². The van der Waals surface area contributed by atoms with E-state index in [1.165, 1.54) is 0 Å². The van der Waals surface area contributed by atoms with Crippen molar-refractivity contribution < 1.29 is 18.4 Å². The molecule has 0 aliphatic heterocycles. The van der Waals surface area contributed by atoms with Crippen molar-refractivity contribution >= 4 is 21.4 Å². The molecule has 3 rings (SSSR count). The van der Waals surface area contributed by atoms with Crippen molar-refractivity contribution in [2.24, 2.45) is 5.92 Å². The van der Waals surface area contributed by atoms with Crippen molar-refractivity contribution in [2.45, 2.75) is 57.4 Å². The lowest BCUT2D eigenvalue weighted by Crippen LogP contribution is -2.33. The third kappa shape index (κ3) is 5.94. The molecule has 0 saturated carbocycles.